The van der Waals surface area contributed by atoms with E-state index in [1.54, 1.807) is 19.9 Å². The Labute approximate surface area is 116 Å². The molecule has 0 aliphatic heterocycles. The van der Waals surface area contributed by atoms with Crippen LogP contribution in [0.1, 0.15) is 32.4 Å². The molecule has 0 heterocycles. The van der Waals surface area contributed by atoms with Gasteiger partial charge in [0.2, 0.25) is 5.91 Å². The number of hydrogen-bond donors (Lipinski definition) is 2. The summed E-state index contributed by atoms with van der Waals surface area (Å²) in [6.07, 6.45) is -2.10. The van der Waals surface area contributed by atoms with Gasteiger partial charge in [-0.2, -0.15) is 0 Å². The zero-order valence-electron chi connectivity index (χ0n) is 11.6. The highest BCUT2D eigenvalue weighted by Crippen LogP contribution is 2.21. The number of amides is 1. The minimum Gasteiger partial charge on any atom is -0.461 e. The number of nitrogens with one attached hydrogen (secondary N) is 1. The predicted molar refractivity (Wildman–Crippen MR) is 70.2 cm³/mol. The van der Waals surface area contributed by atoms with Gasteiger partial charge < -0.3 is 15.2 Å². The lowest BCUT2D eigenvalue weighted by Crippen LogP contribution is -2.41. The van der Waals surface area contributed by atoms with Crippen molar-refractivity contribution in [1.29, 1.82) is 0 Å². The second-order valence-corrected chi connectivity index (χ2v) is 4.63. The number of ether oxygens (including phenoxy) is 1. The summed E-state index contributed by atoms with van der Waals surface area (Å²) in [7, 11) is 0. The molecule has 0 radical (unpaired) electrons. The van der Waals surface area contributed by atoms with Crippen LogP contribution in [0.15, 0.2) is 24.3 Å². The molecule has 0 fully saturated rings. The molecule has 6 heteroatoms. The second kappa shape index (κ2) is 7.00. The van der Waals surface area contributed by atoms with Gasteiger partial charge in [0.15, 0.2) is 6.10 Å². The Morgan fingerprint density at radius 3 is 2.40 bits per heavy atom. The fraction of sp³-hybridized carbons (Fsp3) is 0.429. The average Bonchev–Trinajstić information content (AvgIpc) is 2.35. The van der Waals surface area contributed by atoms with Crippen LogP contribution in [0.4, 0.5) is 4.39 Å². The summed E-state index contributed by atoms with van der Waals surface area (Å²) < 4.78 is 18.6. The van der Waals surface area contributed by atoms with Crippen LogP contribution in [0, 0.1) is 5.82 Å². The Morgan fingerprint density at radius 2 is 1.90 bits per heavy atom. The number of benzene rings is 1. The van der Waals surface area contributed by atoms with Crippen LogP contribution in [0.5, 0.6) is 0 Å². The van der Waals surface area contributed by atoms with Gasteiger partial charge in [-0.1, -0.05) is 18.2 Å². The first kappa shape index (κ1) is 16.1. The lowest BCUT2D eigenvalue weighted by molar-refractivity contribution is -0.159. The number of esters is 1. The van der Waals surface area contributed by atoms with Gasteiger partial charge in [-0.15, -0.1) is 0 Å². The largest absolute Gasteiger partial charge is 0.461 e. The molecule has 0 aliphatic rings. The van der Waals surface area contributed by atoms with Crippen molar-refractivity contribution in [1.82, 2.24) is 5.32 Å². The van der Waals surface area contributed by atoms with Crippen molar-refractivity contribution in [3.63, 3.8) is 0 Å². The molecule has 1 aromatic carbocycles. The molecule has 5 nitrogen and oxygen atoms in total. The molecule has 1 amide bonds. The first-order chi connectivity index (χ1) is 9.32. The molecule has 110 valence electrons. The maximum atomic E-state index is 13.8. The highest BCUT2D eigenvalue weighted by molar-refractivity contribution is 5.79. The van der Waals surface area contributed by atoms with Crippen molar-refractivity contribution in [2.75, 3.05) is 0 Å². The molecule has 0 saturated heterocycles. The van der Waals surface area contributed by atoms with Crippen LogP contribution in [0.25, 0.3) is 0 Å². The molecule has 0 bridgehead atoms. The SMILES string of the molecule is CC(=O)NC(c1ccccc1F)[C@@H](O)C(=O)OC(C)C. The smallest absolute Gasteiger partial charge is 0.337 e. The summed E-state index contributed by atoms with van der Waals surface area (Å²) in [5, 5.41) is 12.4. The Hall–Kier alpha value is -1.95. The van der Waals surface area contributed by atoms with Gasteiger partial charge in [-0.25, -0.2) is 9.18 Å². The topological polar surface area (TPSA) is 75.6 Å². The van der Waals surface area contributed by atoms with E-state index in [4.69, 9.17) is 4.74 Å². The molecule has 1 rings (SSSR count). The van der Waals surface area contributed by atoms with Gasteiger partial charge in [0.1, 0.15) is 5.82 Å². The predicted octanol–water partition coefficient (Wildman–Crippen LogP) is 1.32. The number of carbonyl (C=O) groups excluding carboxylic acids is 2. The highest BCUT2D eigenvalue weighted by Gasteiger charge is 2.31. The standard InChI is InChI=1S/C14H18FNO4/c1-8(2)20-14(19)13(18)12(16-9(3)17)10-6-4-5-7-11(10)15/h4-8,12-13,18H,1-3H3,(H,16,17)/t12?,13-/m1/s1. The van der Waals surface area contributed by atoms with Crippen molar-refractivity contribution in [2.45, 2.75) is 39.0 Å². The summed E-state index contributed by atoms with van der Waals surface area (Å²) in [6, 6.07) is 4.41. The van der Waals surface area contributed by atoms with Crippen molar-refractivity contribution < 1.29 is 23.8 Å². The lowest BCUT2D eigenvalue weighted by atomic mass is 10.0. The lowest BCUT2D eigenvalue weighted by Gasteiger charge is -2.24. The molecular formula is C14H18FNO4. The van der Waals surface area contributed by atoms with E-state index in [2.05, 4.69) is 5.32 Å². The minimum atomic E-state index is -1.68. The summed E-state index contributed by atoms with van der Waals surface area (Å²) in [5.41, 5.74) is 0.0240. The van der Waals surface area contributed by atoms with Gasteiger partial charge in [0.05, 0.1) is 12.1 Å². The minimum absolute atomic E-state index is 0.0240. The van der Waals surface area contributed by atoms with Gasteiger partial charge >= 0.3 is 5.97 Å². The Kier molecular flexibility index (Phi) is 5.64. The highest BCUT2D eigenvalue weighted by atomic mass is 19.1. The molecule has 2 atom stereocenters. The van der Waals surface area contributed by atoms with Crippen LogP contribution < -0.4 is 5.32 Å². The fourth-order valence-corrected chi connectivity index (χ4v) is 1.71. The number of carbonyl (C=O) groups is 2. The summed E-state index contributed by atoms with van der Waals surface area (Å²) >= 11 is 0. The van der Waals surface area contributed by atoms with E-state index in [9.17, 15) is 19.1 Å². The quantitative estimate of drug-likeness (QED) is 0.799. The zero-order chi connectivity index (χ0) is 15.3. The van der Waals surface area contributed by atoms with Gasteiger partial charge in [-0.3, -0.25) is 4.79 Å². The Bertz CT molecular complexity index is 490. The van der Waals surface area contributed by atoms with Crippen LogP contribution in [-0.4, -0.2) is 29.2 Å². The van der Waals surface area contributed by atoms with E-state index in [0.717, 1.165) is 0 Å². The molecule has 0 aliphatic carbocycles. The number of aliphatic hydroxyl groups is 1. The first-order valence-electron chi connectivity index (χ1n) is 6.23. The third-order valence-electron chi connectivity index (χ3n) is 2.51. The van der Waals surface area contributed by atoms with Gasteiger partial charge in [0, 0.05) is 12.5 Å². The van der Waals surface area contributed by atoms with Gasteiger partial charge in [0.25, 0.3) is 0 Å². The number of aliphatic hydroxyl groups excluding tert-OH is 1. The molecule has 1 aromatic rings. The van der Waals surface area contributed by atoms with Crippen LogP contribution in [0.2, 0.25) is 0 Å². The van der Waals surface area contributed by atoms with E-state index in [1.165, 1.54) is 25.1 Å². The summed E-state index contributed by atoms with van der Waals surface area (Å²) in [6.45, 7) is 4.47. The van der Waals surface area contributed by atoms with Crippen molar-refractivity contribution in [3.8, 4) is 0 Å². The molecular weight excluding hydrogens is 265 g/mol. The van der Waals surface area contributed by atoms with E-state index in [0.29, 0.717) is 0 Å². The third-order valence-corrected chi connectivity index (χ3v) is 2.51. The summed E-state index contributed by atoms with van der Waals surface area (Å²) in [4.78, 5) is 22.9. The number of hydrogen-bond acceptors (Lipinski definition) is 4. The molecule has 2 N–H and O–H groups in total. The number of halogens is 1. The molecule has 0 saturated carbocycles. The van der Waals surface area contributed by atoms with E-state index in [-0.39, 0.29) is 5.56 Å². The van der Waals surface area contributed by atoms with Crippen LogP contribution in [-0.2, 0) is 14.3 Å². The molecule has 1 unspecified atom stereocenters. The van der Waals surface area contributed by atoms with Crippen molar-refractivity contribution in [3.05, 3.63) is 35.6 Å². The Morgan fingerprint density at radius 1 is 1.30 bits per heavy atom. The average molecular weight is 283 g/mol. The number of rotatable bonds is 5. The van der Waals surface area contributed by atoms with E-state index < -0.39 is 35.9 Å². The second-order valence-electron chi connectivity index (χ2n) is 4.63. The Balaban J connectivity index is 3.03. The maximum Gasteiger partial charge on any atom is 0.337 e. The summed E-state index contributed by atoms with van der Waals surface area (Å²) in [5.74, 6) is -2.03. The first-order valence-corrected chi connectivity index (χ1v) is 6.23. The zero-order valence-corrected chi connectivity index (χ0v) is 11.6. The molecule has 20 heavy (non-hydrogen) atoms. The molecule has 0 aromatic heterocycles. The normalized spacial score (nSPS) is 13.7. The van der Waals surface area contributed by atoms with E-state index in [1.807, 2.05) is 0 Å². The van der Waals surface area contributed by atoms with Crippen LogP contribution in [0.3, 0.4) is 0 Å². The van der Waals surface area contributed by atoms with Crippen molar-refractivity contribution >= 4 is 11.9 Å². The van der Waals surface area contributed by atoms with E-state index >= 15 is 0 Å². The van der Waals surface area contributed by atoms with Crippen LogP contribution >= 0.6 is 0 Å². The molecule has 0 spiro atoms. The maximum absolute atomic E-state index is 13.8. The monoisotopic (exact) mass is 283 g/mol. The van der Waals surface area contributed by atoms with Crippen molar-refractivity contribution in [2.24, 2.45) is 0 Å². The van der Waals surface area contributed by atoms with Gasteiger partial charge in [-0.05, 0) is 19.9 Å². The third kappa shape index (κ3) is 4.31. The fourth-order valence-electron chi connectivity index (χ4n) is 1.71.